The van der Waals surface area contributed by atoms with Gasteiger partial charge in [0.2, 0.25) is 0 Å². The quantitative estimate of drug-likeness (QED) is 0.447. The van der Waals surface area contributed by atoms with Crippen LogP contribution in [0, 0.1) is 0 Å². The van der Waals surface area contributed by atoms with E-state index >= 15 is 0 Å². The minimum atomic E-state index is 0.566. The van der Waals surface area contributed by atoms with Gasteiger partial charge in [0.25, 0.3) is 0 Å². The molecule has 0 aromatic carbocycles. The van der Waals surface area contributed by atoms with E-state index in [1.54, 1.807) is 0 Å². The summed E-state index contributed by atoms with van der Waals surface area (Å²) in [5.74, 6) is 0. The van der Waals surface area contributed by atoms with Crippen molar-refractivity contribution in [3.8, 4) is 0 Å². The molecule has 11 heavy (non-hydrogen) atoms. The van der Waals surface area contributed by atoms with Crippen LogP contribution in [0.15, 0.2) is 23.3 Å². The van der Waals surface area contributed by atoms with Crippen LogP contribution in [-0.4, -0.2) is 6.29 Å². The Morgan fingerprint density at radius 1 is 1.18 bits per heavy atom. The fourth-order valence-electron chi connectivity index (χ4n) is 0.711. The Labute approximate surface area is 68.8 Å². The Morgan fingerprint density at radius 3 is 2.27 bits per heavy atom. The number of rotatable bonds is 4. The summed E-state index contributed by atoms with van der Waals surface area (Å²) >= 11 is 0. The molecule has 0 N–H and O–H groups in total. The molecular weight excluding hydrogens is 136 g/mol. The van der Waals surface area contributed by atoms with E-state index in [2.05, 4.69) is 26.0 Å². The number of hydrogen-bond acceptors (Lipinski definition) is 1. The minimum Gasteiger partial charge on any atom is -0.303 e. The lowest BCUT2D eigenvalue weighted by Gasteiger charge is -1.91. The maximum Gasteiger partial charge on any atom is 0.124 e. The van der Waals surface area contributed by atoms with Gasteiger partial charge < -0.3 is 4.79 Å². The Morgan fingerprint density at radius 2 is 1.82 bits per heavy atom. The Hall–Kier alpha value is -0.850. The first-order valence-corrected chi connectivity index (χ1v) is 3.89. The number of carbonyl (C=O) groups is 1. The molecule has 0 aromatic rings. The smallest absolute Gasteiger partial charge is 0.124 e. The fourth-order valence-corrected chi connectivity index (χ4v) is 0.711. The van der Waals surface area contributed by atoms with Gasteiger partial charge in [0.05, 0.1) is 0 Å². The topological polar surface area (TPSA) is 17.1 Å². The van der Waals surface area contributed by atoms with Crippen molar-refractivity contribution in [1.82, 2.24) is 0 Å². The minimum absolute atomic E-state index is 0.566. The molecule has 0 amide bonds. The van der Waals surface area contributed by atoms with Crippen molar-refractivity contribution < 1.29 is 4.79 Å². The Balaban J connectivity index is 3.73. The molecule has 62 valence electrons. The maximum atomic E-state index is 10.1. The lowest BCUT2D eigenvalue weighted by atomic mass is 10.2. The molecule has 0 aromatic heterocycles. The van der Waals surface area contributed by atoms with Crippen molar-refractivity contribution in [3.05, 3.63) is 23.3 Å². The molecule has 0 fully saturated rings. The molecular formula is C10H16O. The van der Waals surface area contributed by atoms with E-state index in [1.807, 2.05) is 6.92 Å². The van der Waals surface area contributed by atoms with Gasteiger partial charge >= 0.3 is 0 Å². The van der Waals surface area contributed by atoms with Crippen molar-refractivity contribution in [2.45, 2.75) is 33.6 Å². The van der Waals surface area contributed by atoms with Crippen molar-refractivity contribution in [1.29, 1.82) is 0 Å². The van der Waals surface area contributed by atoms with E-state index in [9.17, 15) is 4.79 Å². The average Bonchev–Trinajstić information content (AvgIpc) is 1.87. The summed E-state index contributed by atoms with van der Waals surface area (Å²) in [4.78, 5) is 10.1. The van der Waals surface area contributed by atoms with Gasteiger partial charge in [-0.25, -0.2) is 0 Å². The molecule has 0 spiro atoms. The SMILES string of the molecule is CC(C)=CC/C=C(\C)CC=O. The number of carbonyl (C=O) groups excluding carboxylic acids is 1. The highest BCUT2D eigenvalue weighted by molar-refractivity contribution is 5.53. The van der Waals surface area contributed by atoms with Crippen LogP contribution in [0.5, 0.6) is 0 Å². The second-order valence-corrected chi connectivity index (χ2v) is 2.94. The average molecular weight is 152 g/mol. The highest BCUT2D eigenvalue weighted by atomic mass is 16.1. The van der Waals surface area contributed by atoms with E-state index in [0.717, 1.165) is 18.3 Å². The predicted molar refractivity (Wildman–Crippen MR) is 48.5 cm³/mol. The molecule has 0 bridgehead atoms. The Kier molecular flexibility index (Phi) is 5.44. The van der Waals surface area contributed by atoms with Crippen LogP contribution in [0.1, 0.15) is 33.6 Å². The largest absolute Gasteiger partial charge is 0.303 e. The van der Waals surface area contributed by atoms with Crippen molar-refractivity contribution in [2.75, 3.05) is 0 Å². The summed E-state index contributed by atoms with van der Waals surface area (Å²) in [6, 6.07) is 0. The zero-order valence-corrected chi connectivity index (χ0v) is 7.55. The zero-order valence-electron chi connectivity index (χ0n) is 7.55. The first-order valence-electron chi connectivity index (χ1n) is 3.89. The normalized spacial score (nSPS) is 11.0. The molecule has 0 heterocycles. The molecule has 0 aliphatic heterocycles. The first kappa shape index (κ1) is 10.2. The molecule has 0 saturated carbocycles. The van der Waals surface area contributed by atoms with Gasteiger partial charge in [-0.2, -0.15) is 0 Å². The second kappa shape index (κ2) is 5.90. The molecule has 1 nitrogen and oxygen atoms in total. The van der Waals surface area contributed by atoms with Crippen LogP contribution >= 0.6 is 0 Å². The van der Waals surface area contributed by atoms with Crippen molar-refractivity contribution in [2.24, 2.45) is 0 Å². The zero-order chi connectivity index (χ0) is 8.69. The number of aldehydes is 1. The monoisotopic (exact) mass is 152 g/mol. The van der Waals surface area contributed by atoms with Gasteiger partial charge in [-0.15, -0.1) is 0 Å². The maximum absolute atomic E-state index is 10.1. The summed E-state index contributed by atoms with van der Waals surface area (Å²) in [6.45, 7) is 6.12. The number of hydrogen-bond donors (Lipinski definition) is 0. The van der Waals surface area contributed by atoms with Gasteiger partial charge in [0.1, 0.15) is 6.29 Å². The van der Waals surface area contributed by atoms with Crippen molar-refractivity contribution >= 4 is 6.29 Å². The van der Waals surface area contributed by atoms with Gasteiger partial charge in [-0.1, -0.05) is 23.3 Å². The van der Waals surface area contributed by atoms with E-state index in [-0.39, 0.29) is 0 Å². The predicted octanol–water partition coefficient (Wildman–Crippen LogP) is 2.88. The van der Waals surface area contributed by atoms with E-state index in [1.165, 1.54) is 5.57 Å². The van der Waals surface area contributed by atoms with Crippen LogP contribution < -0.4 is 0 Å². The van der Waals surface area contributed by atoms with Crippen LogP contribution in [0.4, 0.5) is 0 Å². The molecule has 0 unspecified atom stereocenters. The third-order valence-electron chi connectivity index (χ3n) is 1.40. The van der Waals surface area contributed by atoms with Gasteiger partial charge in [0, 0.05) is 6.42 Å². The second-order valence-electron chi connectivity index (χ2n) is 2.94. The summed E-state index contributed by atoms with van der Waals surface area (Å²) < 4.78 is 0. The lowest BCUT2D eigenvalue weighted by molar-refractivity contribution is -0.107. The molecule has 0 atom stereocenters. The third-order valence-corrected chi connectivity index (χ3v) is 1.40. The van der Waals surface area contributed by atoms with E-state index < -0.39 is 0 Å². The highest BCUT2D eigenvalue weighted by Gasteiger charge is 1.84. The Bertz CT molecular complexity index is 171. The molecule has 0 saturated heterocycles. The summed E-state index contributed by atoms with van der Waals surface area (Å²) in [5, 5.41) is 0. The van der Waals surface area contributed by atoms with E-state index in [4.69, 9.17) is 0 Å². The number of allylic oxidation sites excluding steroid dienone is 4. The van der Waals surface area contributed by atoms with Crippen LogP contribution in [-0.2, 0) is 4.79 Å². The highest BCUT2D eigenvalue weighted by Crippen LogP contribution is 2.01. The van der Waals surface area contributed by atoms with Crippen LogP contribution in [0.2, 0.25) is 0 Å². The summed E-state index contributed by atoms with van der Waals surface area (Å²) in [7, 11) is 0. The first-order chi connectivity index (χ1) is 5.16. The van der Waals surface area contributed by atoms with Crippen LogP contribution in [0.25, 0.3) is 0 Å². The molecule has 0 aliphatic rings. The molecule has 0 radical (unpaired) electrons. The van der Waals surface area contributed by atoms with Gasteiger partial charge in [-0.3, -0.25) is 0 Å². The fraction of sp³-hybridized carbons (Fsp3) is 0.500. The summed E-state index contributed by atoms with van der Waals surface area (Å²) in [5.41, 5.74) is 2.47. The lowest BCUT2D eigenvalue weighted by Crippen LogP contribution is -1.77. The van der Waals surface area contributed by atoms with Gasteiger partial charge in [0.15, 0.2) is 0 Å². The third kappa shape index (κ3) is 7.04. The standard InChI is InChI=1S/C10H16O/c1-9(2)5-4-6-10(3)7-8-11/h5-6,8H,4,7H2,1-3H3/b10-6+. The van der Waals surface area contributed by atoms with E-state index in [0.29, 0.717) is 6.42 Å². The van der Waals surface area contributed by atoms with Gasteiger partial charge in [-0.05, 0) is 27.2 Å². The molecule has 1 heteroatoms. The van der Waals surface area contributed by atoms with Crippen LogP contribution in [0.3, 0.4) is 0 Å². The summed E-state index contributed by atoms with van der Waals surface area (Å²) in [6.07, 6.45) is 6.68. The van der Waals surface area contributed by atoms with Crippen molar-refractivity contribution in [3.63, 3.8) is 0 Å². The molecule has 0 rings (SSSR count). The molecule has 0 aliphatic carbocycles.